The van der Waals surface area contributed by atoms with Crippen molar-refractivity contribution in [2.24, 2.45) is 0 Å². The SMILES string of the molecule is CC/C=C\C/C=C\C/C=C\CCCCCCCC(=O)OCC(COC(=O)CCCCCCCCCCCCCCCCCCCCCCCCCCCC)OC(=O)CCCCCCCCCCCCCCCCCCC. The molecule has 0 bridgehead atoms. The number of hydrogen-bond acceptors (Lipinski definition) is 6. The quantitative estimate of drug-likeness (QED) is 0.0261. The molecule has 0 aromatic carbocycles. The van der Waals surface area contributed by atoms with E-state index in [4.69, 9.17) is 14.2 Å². The average Bonchev–Trinajstić information content (AvgIpc) is 3.42. The fraction of sp³-hybridized carbons (Fsp3) is 0.871. The molecule has 1 unspecified atom stereocenters. The first-order chi connectivity index (χ1) is 37.5. The lowest BCUT2D eigenvalue weighted by molar-refractivity contribution is -0.167. The first-order valence-electron chi connectivity index (χ1n) is 34.0. The molecule has 76 heavy (non-hydrogen) atoms. The molecule has 0 aliphatic heterocycles. The highest BCUT2D eigenvalue weighted by molar-refractivity contribution is 5.71. The van der Waals surface area contributed by atoms with Crippen molar-refractivity contribution in [2.45, 2.75) is 380 Å². The normalized spacial score (nSPS) is 12.2. The van der Waals surface area contributed by atoms with Crippen molar-refractivity contribution in [2.75, 3.05) is 13.2 Å². The standard InChI is InChI=1S/C70H130O6/c1-4-7-10-13-16-19-22-25-28-30-31-32-33-34-35-36-37-38-40-42-45-48-51-54-57-60-63-69(72)75-66-67(65-74-68(71)62-59-56-53-50-47-44-41-27-24-21-18-15-12-9-6-3)76-70(73)64-61-58-55-52-49-46-43-39-29-26-23-20-17-14-11-8-5-2/h9,12,18,21,27,41,67H,4-8,10-11,13-17,19-20,22-26,28-40,42-66H2,1-3H3/b12-9-,21-18-,41-27-. The van der Waals surface area contributed by atoms with E-state index in [-0.39, 0.29) is 31.1 Å². The van der Waals surface area contributed by atoms with Crippen LogP contribution in [-0.2, 0) is 28.6 Å². The largest absolute Gasteiger partial charge is 0.462 e. The highest BCUT2D eigenvalue weighted by Crippen LogP contribution is 2.19. The third kappa shape index (κ3) is 62.5. The van der Waals surface area contributed by atoms with E-state index in [1.807, 2.05) is 0 Å². The maximum Gasteiger partial charge on any atom is 0.306 e. The van der Waals surface area contributed by atoms with Gasteiger partial charge in [-0.1, -0.05) is 340 Å². The number of allylic oxidation sites excluding steroid dienone is 6. The molecule has 446 valence electrons. The van der Waals surface area contributed by atoms with Crippen LogP contribution in [0, 0.1) is 0 Å². The molecule has 0 rings (SSSR count). The van der Waals surface area contributed by atoms with Gasteiger partial charge in [0.25, 0.3) is 0 Å². The maximum absolute atomic E-state index is 12.9. The zero-order chi connectivity index (χ0) is 55.0. The van der Waals surface area contributed by atoms with Crippen molar-refractivity contribution in [3.63, 3.8) is 0 Å². The summed E-state index contributed by atoms with van der Waals surface area (Å²) in [6.45, 7) is 6.59. The van der Waals surface area contributed by atoms with E-state index in [9.17, 15) is 14.4 Å². The van der Waals surface area contributed by atoms with E-state index in [1.165, 1.54) is 238 Å². The van der Waals surface area contributed by atoms with Crippen LogP contribution in [0.4, 0.5) is 0 Å². The minimum Gasteiger partial charge on any atom is -0.462 e. The summed E-state index contributed by atoms with van der Waals surface area (Å²) in [6.07, 6.45) is 80.3. The molecule has 0 N–H and O–H groups in total. The molecule has 6 heteroatoms. The average molecular weight is 1070 g/mol. The number of ether oxygens (including phenoxy) is 3. The van der Waals surface area contributed by atoms with Crippen LogP contribution in [-0.4, -0.2) is 37.2 Å². The fourth-order valence-corrected chi connectivity index (χ4v) is 10.3. The van der Waals surface area contributed by atoms with Gasteiger partial charge in [0.05, 0.1) is 0 Å². The van der Waals surface area contributed by atoms with E-state index in [1.54, 1.807) is 0 Å². The van der Waals surface area contributed by atoms with Crippen molar-refractivity contribution >= 4 is 17.9 Å². The second-order valence-corrected chi connectivity index (χ2v) is 23.1. The number of carbonyl (C=O) groups is 3. The third-order valence-electron chi connectivity index (χ3n) is 15.4. The summed E-state index contributed by atoms with van der Waals surface area (Å²) in [5.41, 5.74) is 0. The molecule has 0 amide bonds. The summed E-state index contributed by atoms with van der Waals surface area (Å²) in [6, 6.07) is 0. The molecule has 0 aliphatic carbocycles. The van der Waals surface area contributed by atoms with Crippen LogP contribution in [0.1, 0.15) is 374 Å². The van der Waals surface area contributed by atoms with E-state index in [0.717, 1.165) is 96.3 Å². The Morgan fingerprint density at radius 3 is 0.803 bits per heavy atom. The third-order valence-corrected chi connectivity index (χ3v) is 15.4. The van der Waals surface area contributed by atoms with Gasteiger partial charge >= 0.3 is 17.9 Å². The van der Waals surface area contributed by atoms with Crippen LogP contribution in [0.5, 0.6) is 0 Å². The molecular formula is C70H130O6. The topological polar surface area (TPSA) is 78.9 Å². The Labute approximate surface area is 474 Å². The number of hydrogen-bond donors (Lipinski definition) is 0. The molecule has 0 aromatic heterocycles. The Kier molecular flexibility index (Phi) is 63.1. The molecule has 0 saturated heterocycles. The second kappa shape index (κ2) is 65.2. The lowest BCUT2D eigenvalue weighted by atomic mass is 10.0. The molecule has 0 saturated carbocycles. The van der Waals surface area contributed by atoms with Crippen molar-refractivity contribution in [1.82, 2.24) is 0 Å². The molecule has 0 fully saturated rings. The molecule has 0 aromatic rings. The maximum atomic E-state index is 12.9. The second-order valence-electron chi connectivity index (χ2n) is 23.1. The predicted molar refractivity (Wildman–Crippen MR) is 330 cm³/mol. The first-order valence-corrected chi connectivity index (χ1v) is 34.0. The molecule has 0 radical (unpaired) electrons. The molecule has 1 atom stereocenters. The highest BCUT2D eigenvalue weighted by Gasteiger charge is 2.19. The Morgan fingerprint density at radius 2 is 0.513 bits per heavy atom. The zero-order valence-electron chi connectivity index (χ0n) is 51.3. The van der Waals surface area contributed by atoms with Gasteiger partial charge in [0.15, 0.2) is 6.10 Å². The lowest BCUT2D eigenvalue weighted by Crippen LogP contribution is -2.30. The number of esters is 3. The van der Waals surface area contributed by atoms with Gasteiger partial charge in [0.2, 0.25) is 0 Å². The Bertz CT molecular complexity index is 1270. The summed E-state index contributed by atoms with van der Waals surface area (Å²) in [4.78, 5) is 38.4. The molecular weight excluding hydrogens is 937 g/mol. The summed E-state index contributed by atoms with van der Waals surface area (Å²) in [5.74, 6) is -0.862. The highest BCUT2D eigenvalue weighted by atomic mass is 16.6. The van der Waals surface area contributed by atoms with Gasteiger partial charge in [-0.15, -0.1) is 0 Å². The summed E-state index contributed by atoms with van der Waals surface area (Å²) in [5, 5.41) is 0. The van der Waals surface area contributed by atoms with Gasteiger partial charge in [-0.3, -0.25) is 14.4 Å². The minimum atomic E-state index is -0.776. The number of carbonyl (C=O) groups excluding carboxylic acids is 3. The Balaban J connectivity index is 4.23. The smallest absolute Gasteiger partial charge is 0.306 e. The zero-order valence-corrected chi connectivity index (χ0v) is 51.3. The Morgan fingerprint density at radius 1 is 0.276 bits per heavy atom. The minimum absolute atomic E-state index is 0.0720. The van der Waals surface area contributed by atoms with Crippen molar-refractivity contribution in [1.29, 1.82) is 0 Å². The van der Waals surface area contributed by atoms with Crippen LogP contribution in [0.3, 0.4) is 0 Å². The Hall–Kier alpha value is -2.37. The van der Waals surface area contributed by atoms with E-state index in [2.05, 4.69) is 57.2 Å². The van der Waals surface area contributed by atoms with Gasteiger partial charge in [0, 0.05) is 19.3 Å². The summed E-state index contributed by atoms with van der Waals surface area (Å²) in [7, 11) is 0. The van der Waals surface area contributed by atoms with Crippen LogP contribution in [0.15, 0.2) is 36.5 Å². The van der Waals surface area contributed by atoms with Crippen molar-refractivity contribution in [3.8, 4) is 0 Å². The fourth-order valence-electron chi connectivity index (χ4n) is 10.3. The molecule has 0 heterocycles. The van der Waals surface area contributed by atoms with Gasteiger partial charge < -0.3 is 14.2 Å². The van der Waals surface area contributed by atoms with Crippen molar-refractivity contribution in [3.05, 3.63) is 36.5 Å². The van der Waals surface area contributed by atoms with Crippen LogP contribution >= 0.6 is 0 Å². The van der Waals surface area contributed by atoms with E-state index >= 15 is 0 Å². The molecule has 6 nitrogen and oxygen atoms in total. The number of unbranched alkanes of at least 4 members (excludes halogenated alkanes) is 46. The van der Waals surface area contributed by atoms with Gasteiger partial charge in [-0.2, -0.15) is 0 Å². The van der Waals surface area contributed by atoms with E-state index in [0.29, 0.717) is 19.3 Å². The van der Waals surface area contributed by atoms with Crippen LogP contribution in [0.25, 0.3) is 0 Å². The monoisotopic (exact) mass is 1070 g/mol. The number of rotatable bonds is 63. The summed E-state index contributed by atoms with van der Waals surface area (Å²) < 4.78 is 17.0. The predicted octanol–water partition coefficient (Wildman–Crippen LogP) is 23.2. The molecule has 0 spiro atoms. The summed E-state index contributed by atoms with van der Waals surface area (Å²) >= 11 is 0. The van der Waals surface area contributed by atoms with Gasteiger partial charge in [-0.05, 0) is 51.4 Å². The van der Waals surface area contributed by atoms with Crippen LogP contribution in [0.2, 0.25) is 0 Å². The first kappa shape index (κ1) is 73.6. The van der Waals surface area contributed by atoms with Crippen molar-refractivity contribution < 1.29 is 28.6 Å². The van der Waals surface area contributed by atoms with Gasteiger partial charge in [0.1, 0.15) is 13.2 Å². The van der Waals surface area contributed by atoms with Gasteiger partial charge in [-0.25, -0.2) is 0 Å². The van der Waals surface area contributed by atoms with E-state index < -0.39 is 6.10 Å². The lowest BCUT2D eigenvalue weighted by Gasteiger charge is -2.18. The van der Waals surface area contributed by atoms with Crippen LogP contribution < -0.4 is 0 Å². The molecule has 0 aliphatic rings.